The van der Waals surface area contributed by atoms with Crippen LogP contribution in [0.15, 0.2) is 4.99 Å². The van der Waals surface area contributed by atoms with Gasteiger partial charge in [-0.1, -0.05) is 6.42 Å². The zero-order chi connectivity index (χ0) is 22.0. The topological polar surface area (TPSA) is 77.5 Å². The highest BCUT2D eigenvalue weighted by Gasteiger charge is 2.36. The van der Waals surface area contributed by atoms with Crippen molar-refractivity contribution in [3.05, 3.63) is 0 Å². The van der Waals surface area contributed by atoms with Gasteiger partial charge in [0.1, 0.15) is 17.1 Å². The fraction of sp³-hybridized carbons (Fsp3) is 0.739. The average molecular weight is 455 g/mol. The van der Waals surface area contributed by atoms with Gasteiger partial charge in [-0.25, -0.2) is 15.8 Å². The Bertz CT molecular complexity index is 847. The van der Waals surface area contributed by atoms with Crippen LogP contribution in [0.25, 0.3) is 0 Å². The lowest BCUT2D eigenvalue weighted by Gasteiger charge is -2.37. The first-order chi connectivity index (χ1) is 16.4. The number of rotatable bonds is 5. The van der Waals surface area contributed by atoms with Crippen LogP contribution in [0.1, 0.15) is 38.5 Å². The number of hydrogen-bond acceptors (Lipinski definition) is 10. The molecular formula is C23H38N10. The van der Waals surface area contributed by atoms with Gasteiger partial charge in [0.15, 0.2) is 11.6 Å². The molecule has 0 bridgehead atoms. The van der Waals surface area contributed by atoms with E-state index in [1.165, 1.54) is 49.2 Å². The smallest absolute Gasteiger partial charge is 0.171 e. The molecule has 0 aromatic carbocycles. The second-order valence-electron chi connectivity index (χ2n) is 9.67. The van der Waals surface area contributed by atoms with Gasteiger partial charge in [0, 0.05) is 58.9 Å². The highest BCUT2D eigenvalue weighted by Crippen LogP contribution is 2.50. The molecule has 0 radical (unpaired) electrons. The summed E-state index contributed by atoms with van der Waals surface area (Å²) in [6, 6.07) is 0. The highest BCUT2D eigenvalue weighted by atomic mass is 15.6. The molecule has 6 rings (SSSR count). The van der Waals surface area contributed by atoms with Crippen molar-refractivity contribution in [3.8, 4) is 0 Å². The summed E-state index contributed by atoms with van der Waals surface area (Å²) in [6.45, 7) is 10.8. The molecule has 180 valence electrons. The third-order valence-corrected chi connectivity index (χ3v) is 7.39. The number of hydrazine groups is 2. The molecule has 5 aliphatic rings. The fourth-order valence-electron chi connectivity index (χ4n) is 5.69. The molecule has 0 aliphatic carbocycles. The second kappa shape index (κ2) is 9.52. The van der Waals surface area contributed by atoms with Gasteiger partial charge >= 0.3 is 0 Å². The van der Waals surface area contributed by atoms with Gasteiger partial charge in [-0.3, -0.25) is 15.3 Å². The van der Waals surface area contributed by atoms with Crippen LogP contribution < -0.4 is 40.9 Å². The number of aromatic nitrogens is 1. The van der Waals surface area contributed by atoms with E-state index in [1.54, 1.807) is 0 Å². The predicted molar refractivity (Wildman–Crippen MR) is 136 cm³/mol. The number of aliphatic imine (C=N–C) groups is 1. The predicted octanol–water partition coefficient (Wildman–Crippen LogP) is 1.11. The molecule has 1 aromatic rings. The molecule has 4 fully saturated rings. The summed E-state index contributed by atoms with van der Waals surface area (Å²) in [5, 5.41) is 8.29. The van der Waals surface area contributed by atoms with E-state index < -0.39 is 0 Å². The molecule has 0 saturated carbocycles. The Kier molecular flexibility index (Phi) is 6.13. The Morgan fingerprint density at radius 3 is 2.21 bits per heavy atom. The minimum Gasteiger partial charge on any atom is -0.367 e. The standard InChI is InChI=1S/C23H38N10/c1-2-7-27-33(13-3-1)23-21(29-11-4-5-12-29)19(32-14-6-8-26-32)20(30-15-9-24-17-30)22(28-23)31-16-10-25-18-31/h17,25-27H,1-16,18H2. The van der Waals surface area contributed by atoms with Crippen molar-refractivity contribution in [2.75, 3.05) is 96.8 Å². The van der Waals surface area contributed by atoms with Gasteiger partial charge in [0.05, 0.1) is 19.6 Å². The van der Waals surface area contributed by atoms with E-state index in [0.29, 0.717) is 0 Å². The lowest BCUT2D eigenvalue weighted by atomic mass is 10.1. The Morgan fingerprint density at radius 2 is 1.45 bits per heavy atom. The molecule has 3 N–H and O–H groups in total. The Morgan fingerprint density at radius 1 is 0.636 bits per heavy atom. The molecule has 1 aromatic heterocycles. The van der Waals surface area contributed by atoms with E-state index in [2.05, 4.69) is 45.9 Å². The molecule has 0 atom stereocenters. The summed E-state index contributed by atoms with van der Waals surface area (Å²) in [6.07, 6.45) is 9.38. The largest absolute Gasteiger partial charge is 0.367 e. The van der Waals surface area contributed by atoms with Gasteiger partial charge in [0.25, 0.3) is 0 Å². The monoisotopic (exact) mass is 454 g/mol. The third kappa shape index (κ3) is 4.08. The molecule has 33 heavy (non-hydrogen) atoms. The van der Waals surface area contributed by atoms with Crippen molar-refractivity contribution >= 4 is 35.0 Å². The van der Waals surface area contributed by atoms with Crippen LogP contribution in [-0.2, 0) is 0 Å². The number of hydrogen-bond donors (Lipinski definition) is 3. The highest BCUT2D eigenvalue weighted by molar-refractivity contribution is 6.02. The van der Waals surface area contributed by atoms with Crippen LogP contribution >= 0.6 is 0 Å². The van der Waals surface area contributed by atoms with E-state index >= 15 is 0 Å². The molecule has 4 saturated heterocycles. The number of nitrogens with one attached hydrogen (secondary N) is 3. The van der Waals surface area contributed by atoms with Crippen molar-refractivity contribution in [2.24, 2.45) is 4.99 Å². The zero-order valence-corrected chi connectivity index (χ0v) is 19.7. The van der Waals surface area contributed by atoms with Crippen LogP contribution in [0.3, 0.4) is 0 Å². The number of pyridine rings is 1. The fourth-order valence-corrected chi connectivity index (χ4v) is 5.69. The van der Waals surface area contributed by atoms with Crippen molar-refractivity contribution in [2.45, 2.75) is 38.5 Å². The van der Waals surface area contributed by atoms with E-state index in [9.17, 15) is 0 Å². The maximum Gasteiger partial charge on any atom is 0.171 e. The van der Waals surface area contributed by atoms with Crippen LogP contribution in [0.2, 0.25) is 0 Å². The SMILES string of the molecule is C1=NCCN1c1c(N2CCNC2)nc(N2CCCCCN2)c(N2CCCC2)c1N1CCCN1. The molecule has 0 amide bonds. The van der Waals surface area contributed by atoms with Crippen LogP contribution in [-0.4, -0.2) is 83.4 Å². The van der Waals surface area contributed by atoms with Crippen LogP contribution in [0, 0.1) is 0 Å². The summed E-state index contributed by atoms with van der Waals surface area (Å²) < 4.78 is 0. The molecule has 10 heteroatoms. The van der Waals surface area contributed by atoms with Crippen molar-refractivity contribution in [1.82, 2.24) is 21.2 Å². The van der Waals surface area contributed by atoms with Gasteiger partial charge in [-0.05, 0) is 32.1 Å². The molecule has 6 heterocycles. The van der Waals surface area contributed by atoms with Gasteiger partial charge in [-0.15, -0.1) is 0 Å². The quantitative estimate of drug-likeness (QED) is 0.606. The van der Waals surface area contributed by atoms with Gasteiger partial charge in [0.2, 0.25) is 0 Å². The zero-order valence-electron chi connectivity index (χ0n) is 19.7. The second-order valence-corrected chi connectivity index (χ2v) is 9.67. The van der Waals surface area contributed by atoms with E-state index in [-0.39, 0.29) is 0 Å². The molecule has 5 aliphatic heterocycles. The lowest BCUT2D eigenvalue weighted by molar-refractivity contribution is 0.650. The first kappa shape index (κ1) is 21.2. The Labute approximate surface area is 196 Å². The normalized spacial score (nSPS) is 23.9. The first-order valence-electron chi connectivity index (χ1n) is 13.0. The van der Waals surface area contributed by atoms with Crippen molar-refractivity contribution < 1.29 is 0 Å². The minimum atomic E-state index is 0.841. The molecule has 0 spiro atoms. The summed E-state index contributed by atoms with van der Waals surface area (Å²) in [5.41, 5.74) is 11.2. The third-order valence-electron chi connectivity index (χ3n) is 7.39. The Hall–Kier alpha value is -2.30. The van der Waals surface area contributed by atoms with E-state index in [1.807, 2.05) is 6.34 Å². The average Bonchev–Trinajstić information content (AvgIpc) is 3.64. The van der Waals surface area contributed by atoms with E-state index in [0.717, 1.165) is 90.2 Å². The van der Waals surface area contributed by atoms with Gasteiger partial charge < -0.3 is 19.7 Å². The summed E-state index contributed by atoms with van der Waals surface area (Å²) >= 11 is 0. The van der Waals surface area contributed by atoms with Gasteiger partial charge in [-0.2, -0.15) is 0 Å². The lowest BCUT2D eigenvalue weighted by Crippen LogP contribution is -2.42. The maximum absolute atomic E-state index is 5.49. The van der Waals surface area contributed by atoms with Crippen molar-refractivity contribution in [1.29, 1.82) is 0 Å². The minimum absolute atomic E-state index is 0.841. The Balaban J connectivity index is 1.58. The van der Waals surface area contributed by atoms with Crippen LogP contribution in [0.5, 0.6) is 0 Å². The molecular weight excluding hydrogens is 416 g/mol. The van der Waals surface area contributed by atoms with Crippen LogP contribution in [0.4, 0.5) is 28.7 Å². The summed E-state index contributed by atoms with van der Waals surface area (Å²) in [4.78, 5) is 17.4. The number of nitrogens with zero attached hydrogens (tertiary/aromatic N) is 7. The molecule has 10 nitrogen and oxygen atoms in total. The molecule has 0 unspecified atom stereocenters. The van der Waals surface area contributed by atoms with E-state index in [4.69, 9.17) is 4.98 Å². The maximum atomic E-state index is 5.49. The first-order valence-corrected chi connectivity index (χ1v) is 13.0. The number of anilines is 5. The van der Waals surface area contributed by atoms with Crippen molar-refractivity contribution in [3.63, 3.8) is 0 Å². The summed E-state index contributed by atoms with van der Waals surface area (Å²) in [7, 11) is 0. The summed E-state index contributed by atoms with van der Waals surface area (Å²) in [5.74, 6) is 2.19.